The SMILES string of the molecule is [CH2][C@H]1COCCN1. The molecule has 0 aromatic heterocycles. The molecule has 0 aromatic carbocycles. The van der Waals surface area contributed by atoms with E-state index in [1.54, 1.807) is 0 Å². The van der Waals surface area contributed by atoms with Crippen molar-refractivity contribution in [1.82, 2.24) is 5.32 Å². The Morgan fingerprint density at radius 2 is 2.57 bits per heavy atom. The maximum atomic E-state index is 5.06. The van der Waals surface area contributed by atoms with E-state index in [4.69, 9.17) is 4.74 Å². The van der Waals surface area contributed by atoms with Crippen LogP contribution in [0.1, 0.15) is 0 Å². The molecule has 7 heavy (non-hydrogen) atoms. The molecule has 0 amide bonds. The van der Waals surface area contributed by atoms with Crippen molar-refractivity contribution in [2.45, 2.75) is 6.04 Å². The normalized spacial score (nSPS) is 33.0. The fourth-order valence-electron chi connectivity index (χ4n) is 0.620. The van der Waals surface area contributed by atoms with Gasteiger partial charge in [-0.1, -0.05) is 0 Å². The second-order valence-electron chi connectivity index (χ2n) is 1.73. The highest BCUT2D eigenvalue weighted by Crippen LogP contribution is 1.87. The predicted molar refractivity (Wildman–Crippen MR) is 28.0 cm³/mol. The van der Waals surface area contributed by atoms with Gasteiger partial charge in [-0.05, 0) is 6.92 Å². The average Bonchev–Trinajstić information content (AvgIpc) is 1.69. The molecule has 2 heteroatoms. The van der Waals surface area contributed by atoms with Crippen molar-refractivity contribution in [2.75, 3.05) is 19.8 Å². The number of morpholine rings is 1. The van der Waals surface area contributed by atoms with Crippen LogP contribution in [0.5, 0.6) is 0 Å². The van der Waals surface area contributed by atoms with Crippen LogP contribution in [0.25, 0.3) is 0 Å². The maximum Gasteiger partial charge on any atom is 0.0620 e. The first kappa shape index (κ1) is 5.06. The quantitative estimate of drug-likeness (QED) is 0.455. The van der Waals surface area contributed by atoms with E-state index >= 15 is 0 Å². The third kappa shape index (κ3) is 1.45. The van der Waals surface area contributed by atoms with Gasteiger partial charge in [0.1, 0.15) is 0 Å². The summed E-state index contributed by atoms with van der Waals surface area (Å²) in [7, 11) is 0. The second-order valence-corrected chi connectivity index (χ2v) is 1.73. The Kier molecular flexibility index (Phi) is 1.65. The third-order valence-corrected chi connectivity index (χ3v) is 0.998. The van der Waals surface area contributed by atoms with Crippen LogP contribution in [0, 0.1) is 6.92 Å². The van der Waals surface area contributed by atoms with Gasteiger partial charge < -0.3 is 10.1 Å². The molecule has 1 atom stereocenters. The van der Waals surface area contributed by atoms with Gasteiger partial charge in [0.05, 0.1) is 13.2 Å². The molecule has 41 valence electrons. The number of hydrogen-bond acceptors (Lipinski definition) is 2. The van der Waals surface area contributed by atoms with Crippen LogP contribution in [0.15, 0.2) is 0 Å². The van der Waals surface area contributed by atoms with Crippen LogP contribution >= 0.6 is 0 Å². The fourth-order valence-corrected chi connectivity index (χ4v) is 0.620. The smallest absolute Gasteiger partial charge is 0.0620 e. The number of nitrogens with one attached hydrogen (secondary N) is 1. The summed E-state index contributed by atoms with van der Waals surface area (Å²) in [6, 6.07) is 0.314. The van der Waals surface area contributed by atoms with Gasteiger partial charge in [-0.2, -0.15) is 0 Å². The molecular weight excluding hydrogens is 90.1 g/mol. The fraction of sp³-hybridized carbons (Fsp3) is 0.800. The monoisotopic (exact) mass is 100 g/mol. The summed E-state index contributed by atoms with van der Waals surface area (Å²) in [5.41, 5.74) is 0. The van der Waals surface area contributed by atoms with E-state index in [0.29, 0.717) is 6.04 Å². The summed E-state index contributed by atoms with van der Waals surface area (Å²) in [5.74, 6) is 0. The van der Waals surface area contributed by atoms with Gasteiger partial charge >= 0.3 is 0 Å². The largest absolute Gasteiger partial charge is 0.379 e. The summed E-state index contributed by atoms with van der Waals surface area (Å²) in [6.07, 6.45) is 0. The molecule has 0 aromatic rings. The van der Waals surface area contributed by atoms with Crippen LogP contribution in [0.3, 0.4) is 0 Å². The molecule has 0 spiro atoms. The van der Waals surface area contributed by atoms with Crippen LogP contribution in [0.4, 0.5) is 0 Å². The molecule has 1 saturated heterocycles. The van der Waals surface area contributed by atoms with E-state index in [-0.39, 0.29) is 0 Å². The molecular formula is C5H10NO. The first-order valence-corrected chi connectivity index (χ1v) is 2.54. The van der Waals surface area contributed by atoms with Crippen molar-refractivity contribution in [3.63, 3.8) is 0 Å². The zero-order valence-electron chi connectivity index (χ0n) is 4.31. The molecule has 1 rings (SSSR count). The lowest BCUT2D eigenvalue weighted by atomic mass is 10.3. The minimum absolute atomic E-state index is 0.314. The summed E-state index contributed by atoms with van der Waals surface area (Å²) >= 11 is 0. The lowest BCUT2D eigenvalue weighted by Crippen LogP contribution is -2.38. The van der Waals surface area contributed by atoms with E-state index < -0.39 is 0 Å². The standard InChI is InChI=1S/C5H10NO/c1-5-4-7-3-2-6-5/h5-6H,1-4H2/t5-/m0/s1. The van der Waals surface area contributed by atoms with Crippen LogP contribution in [0.2, 0.25) is 0 Å². The highest BCUT2D eigenvalue weighted by atomic mass is 16.5. The van der Waals surface area contributed by atoms with Gasteiger partial charge in [-0.15, -0.1) is 0 Å². The Balaban J connectivity index is 2.12. The highest BCUT2D eigenvalue weighted by Gasteiger charge is 2.04. The molecule has 2 nitrogen and oxygen atoms in total. The topological polar surface area (TPSA) is 21.3 Å². The first-order valence-electron chi connectivity index (χ1n) is 2.54. The Morgan fingerprint density at radius 3 is 2.86 bits per heavy atom. The van der Waals surface area contributed by atoms with Crippen LogP contribution < -0.4 is 5.32 Å². The number of hydrogen-bond donors (Lipinski definition) is 1. The van der Waals surface area contributed by atoms with Gasteiger partial charge in [0.2, 0.25) is 0 Å². The van der Waals surface area contributed by atoms with Gasteiger partial charge in [-0.25, -0.2) is 0 Å². The van der Waals surface area contributed by atoms with E-state index in [2.05, 4.69) is 12.2 Å². The van der Waals surface area contributed by atoms with E-state index in [1.165, 1.54) is 0 Å². The number of rotatable bonds is 0. The van der Waals surface area contributed by atoms with Crippen molar-refractivity contribution in [2.24, 2.45) is 0 Å². The molecule has 1 aliphatic rings. The minimum Gasteiger partial charge on any atom is -0.379 e. The zero-order valence-corrected chi connectivity index (χ0v) is 4.31. The minimum atomic E-state index is 0.314. The van der Waals surface area contributed by atoms with Crippen molar-refractivity contribution in [3.05, 3.63) is 6.92 Å². The summed E-state index contributed by atoms with van der Waals surface area (Å²) in [4.78, 5) is 0. The van der Waals surface area contributed by atoms with E-state index in [9.17, 15) is 0 Å². The molecule has 1 fully saturated rings. The summed E-state index contributed by atoms with van der Waals surface area (Å²) in [5, 5.41) is 3.15. The molecule has 1 radical (unpaired) electrons. The van der Waals surface area contributed by atoms with Crippen molar-refractivity contribution < 1.29 is 4.74 Å². The number of ether oxygens (including phenoxy) is 1. The van der Waals surface area contributed by atoms with Gasteiger partial charge in [0.15, 0.2) is 0 Å². The summed E-state index contributed by atoms with van der Waals surface area (Å²) < 4.78 is 5.06. The predicted octanol–water partition coefficient (Wildman–Crippen LogP) is -0.191. The molecule has 1 aliphatic heterocycles. The highest BCUT2D eigenvalue weighted by molar-refractivity contribution is 4.70. The van der Waals surface area contributed by atoms with Crippen molar-refractivity contribution >= 4 is 0 Å². The molecule has 0 bridgehead atoms. The molecule has 0 aliphatic carbocycles. The van der Waals surface area contributed by atoms with Crippen molar-refractivity contribution in [3.8, 4) is 0 Å². The molecule has 0 saturated carbocycles. The second kappa shape index (κ2) is 2.28. The van der Waals surface area contributed by atoms with E-state index in [1.807, 2.05) is 0 Å². The molecule has 1 heterocycles. The molecule has 1 N–H and O–H groups in total. The Labute approximate surface area is 43.9 Å². The van der Waals surface area contributed by atoms with Gasteiger partial charge in [0.25, 0.3) is 0 Å². The van der Waals surface area contributed by atoms with E-state index in [0.717, 1.165) is 19.8 Å². The van der Waals surface area contributed by atoms with Crippen molar-refractivity contribution in [1.29, 1.82) is 0 Å². The Hall–Kier alpha value is -0.0800. The van der Waals surface area contributed by atoms with Gasteiger partial charge in [0, 0.05) is 12.6 Å². The Morgan fingerprint density at radius 1 is 1.71 bits per heavy atom. The average molecular weight is 100 g/mol. The van der Waals surface area contributed by atoms with Crippen LogP contribution in [-0.4, -0.2) is 25.8 Å². The van der Waals surface area contributed by atoms with Crippen LogP contribution in [-0.2, 0) is 4.74 Å². The summed E-state index contributed by atoms with van der Waals surface area (Å²) in [6.45, 7) is 6.32. The molecule has 0 unspecified atom stereocenters. The first-order chi connectivity index (χ1) is 3.39. The maximum absolute atomic E-state index is 5.06. The van der Waals surface area contributed by atoms with Gasteiger partial charge in [-0.3, -0.25) is 0 Å². The Bertz CT molecular complexity index is 50.0. The third-order valence-electron chi connectivity index (χ3n) is 0.998. The lowest BCUT2D eigenvalue weighted by Gasteiger charge is -2.18. The zero-order chi connectivity index (χ0) is 5.11. The lowest BCUT2D eigenvalue weighted by molar-refractivity contribution is 0.0894.